The van der Waals surface area contributed by atoms with E-state index in [1.807, 2.05) is 48.1 Å². The third kappa shape index (κ3) is 3.82. The number of piperidine rings is 1. The molecule has 1 unspecified atom stereocenters. The average Bonchev–Trinajstić information content (AvgIpc) is 3.37. The maximum absolute atomic E-state index is 12.8. The second-order valence-electron chi connectivity index (χ2n) is 7.26. The van der Waals surface area contributed by atoms with Gasteiger partial charge in [-0.3, -0.25) is 4.79 Å². The average molecular weight is 380 g/mol. The van der Waals surface area contributed by atoms with Crippen molar-refractivity contribution in [2.75, 3.05) is 13.1 Å². The number of carbonyl (C=O) groups excluding carboxylic acids is 1. The molecule has 0 saturated carbocycles. The minimum Gasteiger partial charge on any atom is -0.385 e. The largest absolute Gasteiger partial charge is 0.385 e. The van der Waals surface area contributed by atoms with Gasteiger partial charge in [-0.15, -0.1) is 5.10 Å². The first-order valence-corrected chi connectivity index (χ1v) is 9.50. The van der Waals surface area contributed by atoms with E-state index in [0.717, 1.165) is 18.4 Å². The fraction of sp³-hybridized carbons (Fsp3) is 0.400. The molecule has 1 aliphatic rings. The molecular formula is C20H24N6O2. The fourth-order valence-electron chi connectivity index (χ4n) is 3.70. The summed E-state index contributed by atoms with van der Waals surface area (Å²) in [7, 11) is 1.88. The molecule has 2 aromatic heterocycles. The standard InChI is InChI=1S/C20H24N6O2/c1-24-12-9-21-19(24)18(27)16-7-10-25(11-8-16)20(28)17-14-26(23-22-17)13-15-5-3-2-4-6-15/h2-6,9,12,14,16,18,27H,7-8,10-11,13H2,1H3. The molecule has 1 N–H and O–H groups in total. The van der Waals surface area contributed by atoms with E-state index in [2.05, 4.69) is 15.3 Å². The third-order valence-corrected chi connectivity index (χ3v) is 5.34. The molecule has 1 amide bonds. The number of hydrogen-bond acceptors (Lipinski definition) is 5. The highest BCUT2D eigenvalue weighted by molar-refractivity contribution is 5.92. The van der Waals surface area contributed by atoms with Crippen LogP contribution in [0, 0.1) is 5.92 Å². The van der Waals surface area contributed by atoms with Crippen LogP contribution in [-0.4, -0.2) is 53.5 Å². The summed E-state index contributed by atoms with van der Waals surface area (Å²) in [5.74, 6) is 0.664. The number of amides is 1. The van der Waals surface area contributed by atoms with Crippen LogP contribution >= 0.6 is 0 Å². The Bertz CT molecular complexity index is 927. The molecule has 28 heavy (non-hydrogen) atoms. The highest BCUT2D eigenvalue weighted by atomic mass is 16.3. The predicted octanol–water partition coefficient (Wildman–Crippen LogP) is 1.65. The van der Waals surface area contributed by atoms with Crippen molar-refractivity contribution in [1.82, 2.24) is 29.4 Å². The molecule has 1 fully saturated rings. The second-order valence-corrected chi connectivity index (χ2v) is 7.26. The molecule has 0 radical (unpaired) electrons. The van der Waals surface area contributed by atoms with Gasteiger partial charge in [-0.05, 0) is 24.3 Å². The minimum atomic E-state index is -0.607. The summed E-state index contributed by atoms with van der Waals surface area (Å²) in [5.41, 5.74) is 1.47. The highest BCUT2D eigenvalue weighted by Crippen LogP contribution is 2.30. The molecule has 8 heteroatoms. The van der Waals surface area contributed by atoms with Gasteiger partial charge in [-0.2, -0.15) is 0 Å². The molecule has 3 aromatic rings. The van der Waals surface area contributed by atoms with Crippen LogP contribution in [0.2, 0.25) is 0 Å². The number of benzene rings is 1. The van der Waals surface area contributed by atoms with Crippen molar-refractivity contribution < 1.29 is 9.90 Å². The van der Waals surface area contributed by atoms with E-state index >= 15 is 0 Å². The lowest BCUT2D eigenvalue weighted by Crippen LogP contribution is -2.40. The van der Waals surface area contributed by atoms with Gasteiger partial charge < -0.3 is 14.6 Å². The zero-order valence-corrected chi connectivity index (χ0v) is 15.8. The van der Waals surface area contributed by atoms with Crippen LogP contribution in [0.5, 0.6) is 0 Å². The molecule has 0 bridgehead atoms. The van der Waals surface area contributed by atoms with E-state index < -0.39 is 6.10 Å². The molecular weight excluding hydrogens is 356 g/mol. The molecule has 1 aliphatic heterocycles. The molecule has 1 saturated heterocycles. The number of aryl methyl sites for hydroxylation is 1. The van der Waals surface area contributed by atoms with Crippen molar-refractivity contribution in [2.45, 2.75) is 25.5 Å². The maximum Gasteiger partial charge on any atom is 0.276 e. The molecule has 1 atom stereocenters. The van der Waals surface area contributed by atoms with Gasteiger partial charge in [0.05, 0.1) is 12.7 Å². The van der Waals surface area contributed by atoms with Crippen molar-refractivity contribution in [1.29, 1.82) is 0 Å². The van der Waals surface area contributed by atoms with Crippen LogP contribution in [0.1, 0.15) is 40.8 Å². The van der Waals surface area contributed by atoms with Gasteiger partial charge in [0.15, 0.2) is 5.69 Å². The van der Waals surface area contributed by atoms with Crippen molar-refractivity contribution in [3.05, 3.63) is 66.0 Å². The lowest BCUT2D eigenvalue weighted by Gasteiger charge is -2.33. The van der Waals surface area contributed by atoms with Gasteiger partial charge in [0.2, 0.25) is 0 Å². The Morgan fingerprint density at radius 1 is 1.25 bits per heavy atom. The zero-order chi connectivity index (χ0) is 19.5. The van der Waals surface area contributed by atoms with Gasteiger partial charge in [0, 0.05) is 32.5 Å². The van der Waals surface area contributed by atoms with E-state index in [9.17, 15) is 9.90 Å². The Balaban J connectivity index is 1.35. The number of carbonyl (C=O) groups is 1. The lowest BCUT2D eigenvalue weighted by molar-refractivity contribution is 0.0417. The van der Waals surface area contributed by atoms with E-state index in [4.69, 9.17) is 0 Å². The summed E-state index contributed by atoms with van der Waals surface area (Å²) in [6, 6.07) is 9.94. The Labute approximate surface area is 163 Å². The topological polar surface area (TPSA) is 89.1 Å². The van der Waals surface area contributed by atoms with Crippen LogP contribution in [0.4, 0.5) is 0 Å². The maximum atomic E-state index is 12.8. The predicted molar refractivity (Wildman–Crippen MR) is 102 cm³/mol. The number of hydrogen-bond donors (Lipinski definition) is 1. The van der Waals surface area contributed by atoms with Crippen LogP contribution in [-0.2, 0) is 13.6 Å². The monoisotopic (exact) mass is 380 g/mol. The Morgan fingerprint density at radius 2 is 2.00 bits per heavy atom. The summed E-state index contributed by atoms with van der Waals surface area (Å²) in [5, 5.41) is 18.7. The molecule has 8 nitrogen and oxygen atoms in total. The molecule has 0 spiro atoms. The number of aliphatic hydroxyl groups is 1. The van der Waals surface area contributed by atoms with Gasteiger partial charge in [-0.1, -0.05) is 35.5 Å². The summed E-state index contributed by atoms with van der Waals surface area (Å²) in [4.78, 5) is 18.8. The quantitative estimate of drug-likeness (QED) is 0.727. The number of likely N-dealkylation sites (tertiary alicyclic amines) is 1. The van der Waals surface area contributed by atoms with E-state index in [-0.39, 0.29) is 11.8 Å². The van der Waals surface area contributed by atoms with Crippen molar-refractivity contribution in [3.63, 3.8) is 0 Å². The van der Waals surface area contributed by atoms with Gasteiger partial charge in [-0.25, -0.2) is 9.67 Å². The van der Waals surface area contributed by atoms with E-state index in [0.29, 0.717) is 31.2 Å². The first-order chi connectivity index (χ1) is 13.6. The van der Waals surface area contributed by atoms with Crippen LogP contribution in [0.3, 0.4) is 0 Å². The number of nitrogens with zero attached hydrogens (tertiary/aromatic N) is 6. The molecule has 4 rings (SSSR count). The smallest absolute Gasteiger partial charge is 0.276 e. The first kappa shape index (κ1) is 18.4. The minimum absolute atomic E-state index is 0.0962. The normalized spacial score (nSPS) is 16.3. The van der Waals surface area contributed by atoms with Crippen LogP contribution in [0.15, 0.2) is 48.9 Å². The number of rotatable bonds is 5. The summed E-state index contributed by atoms with van der Waals surface area (Å²) < 4.78 is 3.52. The third-order valence-electron chi connectivity index (χ3n) is 5.34. The van der Waals surface area contributed by atoms with Crippen LogP contribution in [0.25, 0.3) is 0 Å². The molecule has 0 aliphatic carbocycles. The number of imidazole rings is 1. The van der Waals surface area contributed by atoms with E-state index in [1.165, 1.54) is 0 Å². The molecule has 3 heterocycles. The number of aromatic nitrogens is 5. The lowest BCUT2D eigenvalue weighted by atomic mass is 9.90. The van der Waals surface area contributed by atoms with Gasteiger partial charge >= 0.3 is 0 Å². The second kappa shape index (κ2) is 7.93. The van der Waals surface area contributed by atoms with Crippen LogP contribution < -0.4 is 0 Å². The fourth-order valence-corrected chi connectivity index (χ4v) is 3.70. The van der Waals surface area contributed by atoms with Crippen molar-refractivity contribution >= 4 is 5.91 Å². The Hall–Kier alpha value is -3.00. The first-order valence-electron chi connectivity index (χ1n) is 9.50. The molecule has 1 aromatic carbocycles. The van der Waals surface area contributed by atoms with E-state index in [1.54, 1.807) is 22.0 Å². The Morgan fingerprint density at radius 3 is 2.68 bits per heavy atom. The number of aliphatic hydroxyl groups excluding tert-OH is 1. The Kier molecular flexibility index (Phi) is 5.21. The van der Waals surface area contributed by atoms with Crippen molar-refractivity contribution in [3.8, 4) is 0 Å². The SMILES string of the molecule is Cn1ccnc1C(O)C1CCN(C(=O)c2cn(Cc3ccccc3)nn2)CC1. The van der Waals surface area contributed by atoms with Gasteiger partial charge in [0.25, 0.3) is 5.91 Å². The summed E-state index contributed by atoms with van der Waals surface area (Å²) in [6.45, 7) is 1.77. The highest BCUT2D eigenvalue weighted by Gasteiger charge is 2.31. The van der Waals surface area contributed by atoms with Gasteiger partial charge in [0.1, 0.15) is 11.9 Å². The zero-order valence-electron chi connectivity index (χ0n) is 15.8. The van der Waals surface area contributed by atoms with Crippen molar-refractivity contribution in [2.24, 2.45) is 13.0 Å². The summed E-state index contributed by atoms with van der Waals surface area (Å²) >= 11 is 0. The molecule has 146 valence electrons. The summed E-state index contributed by atoms with van der Waals surface area (Å²) in [6.07, 6.45) is 6.08.